The first-order chi connectivity index (χ1) is 8.49. The summed E-state index contributed by atoms with van der Waals surface area (Å²) >= 11 is 6.02. The topological polar surface area (TPSA) is 38.8 Å². The molecule has 0 spiro atoms. The smallest absolute Gasteiger partial charge is 0.341 e. The van der Waals surface area contributed by atoms with Gasteiger partial charge in [0.1, 0.15) is 11.3 Å². The molecule has 0 aromatic heterocycles. The number of esters is 1. The molecule has 0 atom stereocenters. The van der Waals surface area contributed by atoms with E-state index in [0.29, 0.717) is 16.3 Å². The van der Waals surface area contributed by atoms with Crippen LogP contribution in [0.3, 0.4) is 0 Å². The lowest BCUT2D eigenvalue weighted by Crippen LogP contribution is -2.16. The van der Waals surface area contributed by atoms with Crippen LogP contribution in [0.15, 0.2) is 12.1 Å². The molecule has 0 heterocycles. The molecule has 1 aromatic carbocycles. The second-order valence-corrected chi connectivity index (χ2v) is 4.63. The number of methoxy groups -OCH3 is 2. The van der Waals surface area contributed by atoms with Crippen molar-refractivity contribution in [2.45, 2.75) is 6.42 Å². The molecule has 0 unspecified atom stereocenters. The maximum absolute atomic E-state index is 11.7. The zero-order valence-corrected chi connectivity index (χ0v) is 11.9. The second kappa shape index (κ2) is 6.61. The van der Waals surface area contributed by atoms with E-state index in [2.05, 4.69) is 4.90 Å². The largest absolute Gasteiger partial charge is 0.496 e. The van der Waals surface area contributed by atoms with Crippen LogP contribution in [0.25, 0.3) is 0 Å². The fourth-order valence-electron chi connectivity index (χ4n) is 1.68. The molecule has 0 bridgehead atoms. The van der Waals surface area contributed by atoms with Crippen molar-refractivity contribution in [2.24, 2.45) is 0 Å². The zero-order chi connectivity index (χ0) is 13.7. The molecule has 0 aliphatic rings. The van der Waals surface area contributed by atoms with Gasteiger partial charge >= 0.3 is 5.97 Å². The summed E-state index contributed by atoms with van der Waals surface area (Å²) in [6.07, 6.45) is 0.751. The SMILES string of the molecule is COC(=O)c1cc(Cl)cc(CCN(C)C)c1OC. The third-order valence-electron chi connectivity index (χ3n) is 2.57. The number of benzene rings is 1. The Morgan fingerprint density at radius 3 is 2.50 bits per heavy atom. The van der Waals surface area contributed by atoms with Crippen LogP contribution in [0.5, 0.6) is 5.75 Å². The highest BCUT2D eigenvalue weighted by Gasteiger charge is 2.17. The number of halogens is 1. The van der Waals surface area contributed by atoms with Gasteiger partial charge in [0.25, 0.3) is 0 Å². The van der Waals surface area contributed by atoms with Crippen molar-refractivity contribution in [3.63, 3.8) is 0 Å². The average Bonchev–Trinajstić information content (AvgIpc) is 2.34. The number of carbonyl (C=O) groups is 1. The number of hydrogen-bond donors (Lipinski definition) is 0. The Morgan fingerprint density at radius 2 is 2.00 bits per heavy atom. The van der Waals surface area contributed by atoms with Crippen molar-refractivity contribution in [1.82, 2.24) is 4.90 Å². The quantitative estimate of drug-likeness (QED) is 0.770. The summed E-state index contributed by atoms with van der Waals surface area (Å²) in [6, 6.07) is 3.38. The number of ether oxygens (including phenoxy) is 2. The lowest BCUT2D eigenvalue weighted by molar-refractivity contribution is 0.0597. The maximum Gasteiger partial charge on any atom is 0.341 e. The fraction of sp³-hybridized carbons (Fsp3) is 0.462. The second-order valence-electron chi connectivity index (χ2n) is 4.19. The van der Waals surface area contributed by atoms with E-state index < -0.39 is 5.97 Å². The standard InChI is InChI=1S/C13H18ClNO3/c1-15(2)6-5-9-7-10(14)8-11(12(9)17-3)13(16)18-4/h7-8H,5-6H2,1-4H3. The van der Waals surface area contributed by atoms with Crippen molar-refractivity contribution in [1.29, 1.82) is 0 Å². The molecule has 5 heteroatoms. The number of likely N-dealkylation sites (N-methyl/N-ethyl adjacent to an activating group) is 1. The van der Waals surface area contributed by atoms with Crippen LogP contribution in [0.4, 0.5) is 0 Å². The fourth-order valence-corrected chi connectivity index (χ4v) is 1.92. The van der Waals surface area contributed by atoms with Gasteiger partial charge in [-0.05, 0) is 38.2 Å². The van der Waals surface area contributed by atoms with E-state index in [1.807, 2.05) is 20.2 Å². The summed E-state index contributed by atoms with van der Waals surface area (Å²) in [5.41, 5.74) is 1.26. The van der Waals surface area contributed by atoms with Gasteiger partial charge in [-0.1, -0.05) is 11.6 Å². The molecule has 1 rings (SSSR count). The van der Waals surface area contributed by atoms with Crippen LogP contribution in [-0.2, 0) is 11.2 Å². The first kappa shape index (κ1) is 14.8. The van der Waals surface area contributed by atoms with Crippen LogP contribution < -0.4 is 4.74 Å². The van der Waals surface area contributed by atoms with Crippen LogP contribution >= 0.6 is 11.6 Å². The van der Waals surface area contributed by atoms with Gasteiger partial charge in [-0.25, -0.2) is 4.79 Å². The van der Waals surface area contributed by atoms with Crippen LogP contribution in [-0.4, -0.2) is 45.7 Å². The Hall–Kier alpha value is -1.26. The highest BCUT2D eigenvalue weighted by Crippen LogP contribution is 2.29. The normalized spacial score (nSPS) is 10.6. The minimum atomic E-state index is -0.444. The number of carbonyl (C=O) groups excluding carboxylic acids is 1. The Morgan fingerprint density at radius 1 is 1.33 bits per heavy atom. The van der Waals surface area contributed by atoms with Gasteiger partial charge in [-0.2, -0.15) is 0 Å². The van der Waals surface area contributed by atoms with Crippen LogP contribution in [0, 0.1) is 0 Å². The van der Waals surface area contributed by atoms with Crippen molar-refractivity contribution in [3.05, 3.63) is 28.3 Å². The Balaban J connectivity index is 3.16. The maximum atomic E-state index is 11.7. The van der Waals surface area contributed by atoms with E-state index in [9.17, 15) is 4.79 Å². The summed E-state index contributed by atoms with van der Waals surface area (Å²) in [6.45, 7) is 0.845. The highest BCUT2D eigenvalue weighted by atomic mass is 35.5. The van der Waals surface area contributed by atoms with Crippen molar-refractivity contribution < 1.29 is 14.3 Å². The Bertz CT molecular complexity index is 432. The molecule has 0 saturated carbocycles. The predicted octanol–water partition coefficient (Wildman–Crippen LogP) is 2.24. The minimum Gasteiger partial charge on any atom is -0.496 e. The van der Waals surface area contributed by atoms with E-state index >= 15 is 0 Å². The van der Waals surface area contributed by atoms with E-state index in [1.54, 1.807) is 6.07 Å². The van der Waals surface area contributed by atoms with Gasteiger partial charge in [-0.15, -0.1) is 0 Å². The molecule has 0 aliphatic carbocycles. The average molecular weight is 272 g/mol. The summed E-state index contributed by atoms with van der Waals surface area (Å²) in [7, 11) is 6.84. The van der Waals surface area contributed by atoms with Gasteiger partial charge in [-0.3, -0.25) is 0 Å². The number of nitrogens with zero attached hydrogens (tertiary/aromatic N) is 1. The third kappa shape index (κ3) is 3.62. The van der Waals surface area contributed by atoms with Gasteiger partial charge in [0, 0.05) is 11.6 Å². The molecule has 0 saturated heterocycles. The van der Waals surface area contributed by atoms with Crippen LogP contribution in [0.2, 0.25) is 5.02 Å². The molecule has 0 radical (unpaired) electrons. The van der Waals surface area contributed by atoms with E-state index in [1.165, 1.54) is 14.2 Å². The predicted molar refractivity (Wildman–Crippen MR) is 71.6 cm³/mol. The summed E-state index contributed by atoms with van der Waals surface area (Å²) < 4.78 is 10.0. The number of hydrogen-bond acceptors (Lipinski definition) is 4. The minimum absolute atomic E-state index is 0.362. The highest BCUT2D eigenvalue weighted by molar-refractivity contribution is 6.31. The van der Waals surface area contributed by atoms with E-state index in [-0.39, 0.29) is 0 Å². The van der Waals surface area contributed by atoms with E-state index in [0.717, 1.165) is 18.5 Å². The molecule has 4 nitrogen and oxygen atoms in total. The monoisotopic (exact) mass is 271 g/mol. The number of rotatable bonds is 5. The summed E-state index contributed by atoms with van der Waals surface area (Å²) in [5.74, 6) is 0.0913. The van der Waals surface area contributed by atoms with Crippen molar-refractivity contribution in [2.75, 3.05) is 34.9 Å². The lowest BCUT2D eigenvalue weighted by Gasteiger charge is -2.15. The van der Waals surface area contributed by atoms with Crippen molar-refractivity contribution in [3.8, 4) is 5.75 Å². The molecule has 0 amide bonds. The van der Waals surface area contributed by atoms with Gasteiger partial charge in [0.15, 0.2) is 0 Å². The van der Waals surface area contributed by atoms with Crippen molar-refractivity contribution >= 4 is 17.6 Å². The zero-order valence-electron chi connectivity index (χ0n) is 11.1. The molecule has 0 aliphatic heterocycles. The first-order valence-corrected chi connectivity index (χ1v) is 5.96. The molecular weight excluding hydrogens is 254 g/mol. The Labute approximate surface area is 112 Å². The molecule has 0 fully saturated rings. The molecular formula is C13H18ClNO3. The van der Waals surface area contributed by atoms with Gasteiger partial charge in [0.05, 0.1) is 14.2 Å². The summed E-state index contributed by atoms with van der Waals surface area (Å²) in [5, 5.41) is 0.505. The molecule has 0 N–H and O–H groups in total. The van der Waals surface area contributed by atoms with Crippen LogP contribution in [0.1, 0.15) is 15.9 Å². The molecule has 1 aromatic rings. The first-order valence-electron chi connectivity index (χ1n) is 5.59. The van der Waals surface area contributed by atoms with E-state index in [4.69, 9.17) is 21.1 Å². The Kier molecular flexibility index (Phi) is 5.44. The van der Waals surface area contributed by atoms with Gasteiger partial charge in [0.2, 0.25) is 0 Å². The third-order valence-corrected chi connectivity index (χ3v) is 2.79. The molecule has 18 heavy (non-hydrogen) atoms. The summed E-state index contributed by atoms with van der Waals surface area (Å²) in [4.78, 5) is 13.7. The lowest BCUT2D eigenvalue weighted by atomic mass is 10.1. The molecule has 100 valence electrons. The van der Waals surface area contributed by atoms with Gasteiger partial charge < -0.3 is 14.4 Å².